The molecule has 43 heavy (non-hydrogen) atoms. The standard InChI is InChI=1S/C35H46ClN5O2/c36-30-13-11-27(12-14-30)23-32(39-31-15-17-35(43,18-16-31)29-9-5-2-6-10-29)33(42)40-21-19-34(20-22-40,24-41-26-37-25-38-41)28-7-3-1-4-8-28/h2,5-6,9-14,25-26,28,31-32,39,43H,1,3-4,7-8,15-24H2/t31?,32-,35?/m1/s1. The molecule has 230 valence electrons. The van der Waals surface area contributed by atoms with Crippen LogP contribution in [-0.2, 0) is 23.4 Å². The first-order valence-corrected chi connectivity index (χ1v) is 16.7. The van der Waals surface area contributed by atoms with Crippen LogP contribution in [0.15, 0.2) is 67.3 Å². The van der Waals surface area contributed by atoms with E-state index in [0.29, 0.717) is 30.2 Å². The summed E-state index contributed by atoms with van der Waals surface area (Å²) in [5.74, 6) is 0.869. The van der Waals surface area contributed by atoms with Crippen molar-refractivity contribution in [1.29, 1.82) is 0 Å². The van der Waals surface area contributed by atoms with Crippen LogP contribution in [0.4, 0.5) is 0 Å². The van der Waals surface area contributed by atoms with Gasteiger partial charge in [0.2, 0.25) is 5.91 Å². The van der Waals surface area contributed by atoms with E-state index in [0.717, 1.165) is 56.4 Å². The van der Waals surface area contributed by atoms with Crippen molar-refractivity contribution in [3.8, 4) is 0 Å². The number of likely N-dealkylation sites (tertiary alicyclic amines) is 1. The lowest BCUT2D eigenvalue weighted by molar-refractivity contribution is -0.137. The molecule has 3 fully saturated rings. The fourth-order valence-electron chi connectivity index (χ4n) is 8.10. The van der Waals surface area contributed by atoms with Gasteiger partial charge in [-0.1, -0.05) is 73.3 Å². The van der Waals surface area contributed by atoms with E-state index in [4.69, 9.17) is 11.6 Å². The number of piperidine rings is 1. The van der Waals surface area contributed by atoms with Gasteiger partial charge < -0.3 is 15.3 Å². The van der Waals surface area contributed by atoms with Gasteiger partial charge in [0.25, 0.3) is 0 Å². The molecule has 1 saturated heterocycles. The lowest BCUT2D eigenvalue weighted by atomic mass is 9.63. The number of benzene rings is 2. The van der Waals surface area contributed by atoms with Crippen molar-refractivity contribution in [3.05, 3.63) is 83.4 Å². The fraction of sp³-hybridized carbons (Fsp3) is 0.571. The minimum atomic E-state index is -0.797. The minimum Gasteiger partial charge on any atom is -0.385 e. The van der Waals surface area contributed by atoms with Crippen LogP contribution in [0.5, 0.6) is 0 Å². The molecule has 2 N–H and O–H groups in total. The Hall–Kier alpha value is -2.74. The van der Waals surface area contributed by atoms with E-state index in [-0.39, 0.29) is 23.4 Å². The first-order valence-electron chi connectivity index (χ1n) is 16.3. The predicted octanol–water partition coefficient (Wildman–Crippen LogP) is 6.15. The molecule has 2 aliphatic carbocycles. The number of nitrogens with one attached hydrogen (secondary N) is 1. The van der Waals surface area contributed by atoms with E-state index in [2.05, 4.69) is 20.3 Å². The molecule has 0 spiro atoms. The SMILES string of the molecule is O=C([C@@H](Cc1ccc(Cl)cc1)NC1CCC(O)(c2ccccc2)CC1)N1CCC(Cn2cncn2)(C2CCCCC2)CC1. The maximum Gasteiger partial charge on any atom is 0.240 e. The number of aliphatic hydroxyl groups is 1. The Labute approximate surface area is 261 Å². The quantitative estimate of drug-likeness (QED) is 0.306. The third-order valence-electron chi connectivity index (χ3n) is 10.7. The van der Waals surface area contributed by atoms with Crippen molar-refractivity contribution in [2.75, 3.05) is 13.1 Å². The lowest BCUT2D eigenvalue weighted by Crippen LogP contribution is -2.56. The second-order valence-corrected chi connectivity index (χ2v) is 13.8. The van der Waals surface area contributed by atoms with E-state index in [1.54, 1.807) is 6.33 Å². The van der Waals surface area contributed by atoms with E-state index < -0.39 is 5.60 Å². The largest absolute Gasteiger partial charge is 0.385 e. The Morgan fingerprint density at radius 2 is 1.65 bits per heavy atom. The molecule has 7 nitrogen and oxygen atoms in total. The summed E-state index contributed by atoms with van der Waals surface area (Å²) in [6, 6.07) is 17.8. The van der Waals surface area contributed by atoms with Crippen molar-refractivity contribution in [1.82, 2.24) is 25.0 Å². The monoisotopic (exact) mass is 603 g/mol. The van der Waals surface area contributed by atoms with E-state index in [1.165, 1.54) is 32.1 Å². The number of halogens is 1. The Morgan fingerprint density at radius 1 is 0.953 bits per heavy atom. The zero-order chi connectivity index (χ0) is 29.7. The van der Waals surface area contributed by atoms with Crippen LogP contribution in [0.1, 0.15) is 81.8 Å². The molecule has 2 heterocycles. The van der Waals surface area contributed by atoms with Crippen LogP contribution in [0.3, 0.4) is 0 Å². The number of carbonyl (C=O) groups excluding carboxylic acids is 1. The number of aromatic nitrogens is 3. The molecule has 8 heteroatoms. The van der Waals surface area contributed by atoms with Gasteiger partial charge >= 0.3 is 0 Å². The number of amides is 1. The third-order valence-corrected chi connectivity index (χ3v) is 10.9. The topological polar surface area (TPSA) is 83.3 Å². The van der Waals surface area contributed by atoms with Crippen molar-refractivity contribution >= 4 is 17.5 Å². The molecule has 2 aromatic carbocycles. The number of hydrogen-bond donors (Lipinski definition) is 2. The van der Waals surface area contributed by atoms with Gasteiger partial charge in [0.05, 0.1) is 11.6 Å². The van der Waals surface area contributed by atoms with Gasteiger partial charge in [-0.05, 0) is 92.4 Å². The van der Waals surface area contributed by atoms with E-state index in [1.807, 2.05) is 65.6 Å². The highest BCUT2D eigenvalue weighted by atomic mass is 35.5. The van der Waals surface area contributed by atoms with Gasteiger partial charge in [0, 0.05) is 30.7 Å². The van der Waals surface area contributed by atoms with Crippen LogP contribution in [-0.4, -0.2) is 55.9 Å². The van der Waals surface area contributed by atoms with Gasteiger partial charge in [-0.25, -0.2) is 4.98 Å². The Balaban J connectivity index is 1.14. The van der Waals surface area contributed by atoms with Crippen molar-refractivity contribution in [2.24, 2.45) is 11.3 Å². The summed E-state index contributed by atoms with van der Waals surface area (Å²) in [4.78, 5) is 20.6. The molecule has 3 aliphatic rings. The van der Waals surface area contributed by atoms with Crippen molar-refractivity contribution in [2.45, 2.75) is 101 Å². The Kier molecular flexibility index (Phi) is 9.51. The molecule has 1 amide bonds. The minimum absolute atomic E-state index is 0.162. The third kappa shape index (κ3) is 7.16. The summed E-state index contributed by atoms with van der Waals surface area (Å²) in [7, 11) is 0. The second-order valence-electron chi connectivity index (χ2n) is 13.3. The normalized spacial score (nSPS) is 25.3. The Bertz CT molecular complexity index is 1290. The number of hydrogen-bond acceptors (Lipinski definition) is 5. The Morgan fingerprint density at radius 3 is 2.30 bits per heavy atom. The first-order chi connectivity index (χ1) is 20.9. The first kappa shape index (κ1) is 30.3. The zero-order valence-corrected chi connectivity index (χ0v) is 26.0. The van der Waals surface area contributed by atoms with Crippen LogP contribution in [0, 0.1) is 11.3 Å². The molecule has 0 radical (unpaired) electrons. The van der Waals surface area contributed by atoms with Crippen LogP contribution in [0.2, 0.25) is 5.02 Å². The maximum absolute atomic E-state index is 14.3. The average molecular weight is 604 g/mol. The van der Waals surface area contributed by atoms with Gasteiger partial charge in [0.15, 0.2) is 0 Å². The predicted molar refractivity (Wildman–Crippen MR) is 170 cm³/mol. The van der Waals surface area contributed by atoms with Gasteiger partial charge in [-0.15, -0.1) is 0 Å². The van der Waals surface area contributed by atoms with Gasteiger partial charge in [0.1, 0.15) is 12.7 Å². The summed E-state index contributed by atoms with van der Waals surface area (Å²) in [5, 5.41) is 20.3. The highest BCUT2D eigenvalue weighted by Gasteiger charge is 2.44. The second kappa shape index (κ2) is 13.5. The summed E-state index contributed by atoms with van der Waals surface area (Å²) in [6.45, 7) is 2.45. The van der Waals surface area contributed by atoms with Gasteiger partial charge in [-0.3, -0.25) is 9.48 Å². The molecule has 6 rings (SSSR count). The lowest BCUT2D eigenvalue weighted by Gasteiger charge is -2.48. The number of rotatable bonds is 9. The molecular weight excluding hydrogens is 558 g/mol. The summed E-state index contributed by atoms with van der Waals surface area (Å²) in [6.07, 6.45) is 15.6. The fourth-order valence-corrected chi connectivity index (χ4v) is 8.22. The molecule has 1 atom stereocenters. The van der Waals surface area contributed by atoms with Crippen molar-refractivity contribution < 1.29 is 9.90 Å². The molecule has 2 saturated carbocycles. The molecule has 3 aromatic rings. The molecule has 0 bridgehead atoms. The molecular formula is C35H46ClN5O2. The summed E-state index contributed by atoms with van der Waals surface area (Å²) in [5.41, 5.74) is 1.46. The van der Waals surface area contributed by atoms with Crippen LogP contribution < -0.4 is 5.32 Å². The van der Waals surface area contributed by atoms with Crippen LogP contribution >= 0.6 is 11.6 Å². The number of carbonyl (C=O) groups is 1. The van der Waals surface area contributed by atoms with Crippen molar-refractivity contribution in [3.63, 3.8) is 0 Å². The van der Waals surface area contributed by atoms with E-state index >= 15 is 0 Å². The van der Waals surface area contributed by atoms with E-state index in [9.17, 15) is 9.90 Å². The summed E-state index contributed by atoms with van der Waals surface area (Å²) < 4.78 is 2.01. The average Bonchev–Trinajstić information content (AvgIpc) is 3.56. The highest BCUT2D eigenvalue weighted by molar-refractivity contribution is 6.30. The molecule has 1 aromatic heterocycles. The molecule has 1 aliphatic heterocycles. The smallest absolute Gasteiger partial charge is 0.240 e. The van der Waals surface area contributed by atoms with Crippen LogP contribution in [0.25, 0.3) is 0 Å². The molecule has 0 unspecified atom stereocenters. The maximum atomic E-state index is 14.3. The highest BCUT2D eigenvalue weighted by Crippen LogP contribution is 2.47. The summed E-state index contributed by atoms with van der Waals surface area (Å²) >= 11 is 6.18. The number of nitrogens with zero attached hydrogens (tertiary/aromatic N) is 4. The van der Waals surface area contributed by atoms with Gasteiger partial charge in [-0.2, -0.15) is 5.10 Å². The zero-order valence-electron chi connectivity index (χ0n) is 25.2.